The van der Waals surface area contributed by atoms with Gasteiger partial charge in [0.15, 0.2) is 0 Å². The number of esters is 1. The van der Waals surface area contributed by atoms with Crippen LogP contribution >= 0.6 is 0 Å². The minimum atomic E-state index is -0.954. The van der Waals surface area contributed by atoms with Crippen molar-refractivity contribution in [3.8, 4) is 0 Å². The third-order valence-electron chi connectivity index (χ3n) is 3.79. The second-order valence-electron chi connectivity index (χ2n) is 5.75. The number of aliphatic carboxylic acids is 1. The van der Waals surface area contributed by atoms with Crippen LogP contribution in [0.2, 0.25) is 0 Å². The van der Waals surface area contributed by atoms with E-state index in [1.807, 2.05) is 0 Å². The van der Waals surface area contributed by atoms with Crippen molar-refractivity contribution in [2.45, 2.75) is 59.0 Å². The third-order valence-corrected chi connectivity index (χ3v) is 3.79. The summed E-state index contributed by atoms with van der Waals surface area (Å²) >= 11 is 0. The molecular formula is C14H25LiO4. The molecule has 106 valence electrons. The van der Waals surface area contributed by atoms with Gasteiger partial charge in [-0.3, -0.25) is 9.59 Å². The maximum absolute atomic E-state index is 11.6. The molecule has 1 N–H and O–H groups in total. The zero-order chi connectivity index (χ0) is 13.7. The molecule has 0 aromatic carbocycles. The van der Waals surface area contributed by atoms with E-state index in [2.05, 4.69) is 20.8 Å². The van der Waals surface area contributed by atoms with E-state index in [-0.39, 0.29) is 43.8 Å². The summed E-state index contributed by atoms with van der Waals surface area (Å²) in [5, 5.41) is 8.54. The summed E-state index contributed by atoms with van der Waals surface area (Å²) in [6.07, 6.45) is 2.98. The SMILES string of the molecule is CC1CCC(C(C)C)C(OC(=O)CCC(=O)O)C1.[LiH]. The second kappa shape index (κ2) is 8.66. The molecule has 1 saturated carbocycles. The van der Waals surface area contributed by atoms with Crippen molar-refractivity contribution in [3.05, 3.63) is 0 Å². The fraction of sp³-hybridized carbons (Fsp3) is 0.857. The fourth-order valence-electron chi connectivity index (χ4n) is 2.69. The van der Waals surface area contributed by atoms with Crippen LogP contribution < -0.4 is 0 Å². The van der Waals surface area contributed by atoms with Crippen molar-refractivity contribution >= 4 is 30.8 Å². The zero-order valence-corrected chi connectivity index (χ0v) is 11.5. The number of rotatable bonds is 5. The van der Waals surface area contributed by atoms with Gasteiger partial charge in [-0.1, -0.05) is 27.2 Å². The Labute approximate surface area is 127 Å². The van der Waals surface area contributed by atoms with E-state index in [0.29, 0.717) is 17.8 Å². The maximum atomic E-state index is 11.6. The molecule has 1 rings (SSSR count). The number of carboxylic acid groups (broad SMARTS) is 1. The first kappa shape index (κ1) is 18.5. The first-order chi connectivity index (χ1) is 8.40. The molecule has 5 heteroatoms. The summed E-state index contributed by atoms with van der Waals surface area (Å²) in [7, 11) is 0. The van der Waals surface area contributed by atoms with Gasteiger partial charge in [-0.2, -0.15) is 0 Å². The second-order valence-corrected chi connectivity index (χ2v) is 5.75. The summed E-state index contributed by atoms with van der Waals surface area (Å²) < 4.78 is 5.48. The molecule has 1 aliphatic carbocycles. The van der Waals surface area contributed by atoms with Crippen LogP contribution in [0.25, 0.3) is 0 Å². The van der Waals surface area contributed by atoms with Crippen LogP contribution in [0.3, 0.4) is 0 Å². The Morgan fingerprint density at radius 1 is 1.26 bits per heavy atom. The van der Waals surface area contributed by atoms with E-state index in [1.54, 1.807) is 0 Å². The van der Waals surface area contributed by atoms with Crippen LogP contribution in [-0.2, 0) is 14.3 Å². The van der Waals surface area contributed by atoms with E-state index in [1.165, 1.54) is 6.42 Å². The van der Waals surface area contributed by atoms with Crippen LogP contribution in [0.4, 0.5) is 0 Å². The molecule has 0 spiro atoms. The quantitative estimate of drug-likeness (QED) is 0.611. The average molecular weight is 264 g/mol. The Bertz CT molecular complexity index is 304. The molecule has 1 fully saturated rings. The van der Waals surface area contributed by atoms with Gasteiger partial charge in [0.25, 0.3) is 0 Å². The number of hydrogen-bond acceptors (Lipinski definition) is 3. The number of carboxylic acids is 1. The molecule has 19 heavy (non-hydrogen) atoms. The molecule has 0 saturated heterocycles. The van der Waals surface area contributed by atoms with E-state index in [0.717, 1.165) is 12.8 Å². The summed E-state index contributed by atoms with van der Waals surface area (Å²) in [6.45, 7) is 6.48. The van der Waals surface area contributed by atoms with Crippen molar-refractivity contribution in [2.75, 3.05) is 0 Å². The van der Waals surface area contributed by atoms with Crippen molar-refractivity contribution in [1.82, 2.24) is 0 Å². The van der Waals surface area contributed by atoms with Gasteiger partial charge in [0.05, 0.1) is 12.8 Å². The monoisotopic (exact) mass is 264 g/mol. The summed E-state index contributed by atoms with van der Waals surface area (Å²) in [5.74, 6) is 0.161. The molecule has 0 radical (unpaired) electrons. The molecule has 0 amide bonds. The van der Waals surface area contributed by atoms with Crippen LogP contribution in [0.15, 0.2) is 0 Å². The molecule has 3 unspecified atom stereocenters. The van der Waals surface area contributed by atoms with Gasteiger partial charge in [0.2, 0.25) is 0 Å². The Balaban J connectivity index is 0.00000324. The van der Waals surface area contributed by atoms with E-state index >= 15 is 0 Å². The van der Waals surface area contributed by atoms with Crippen molar-refractivity contribution in [3.63, 3.8) is 0 Å². The van der Waals surface area contributed by atoms with Gasteiger partial charge in [-0.25, -0.2) is 0 Å². The molecule has 0 aromatic heterocycles. The summed E-state index contributed by atoms with van der Waals surface area (Å²) in [5.41, 5.74) is 0. The van der Waals surface area contributed by atoms with E-state index in [4.69, 9.17) is 9.84 Å². The van der Waals surface area contributed by atoms with Crippen molar-refractivity contribution in [1.29, 1.82) is 0 Å². The number of carbonyl (C=O) groups is 2. The predicted octanol–water partition coefficient (Wildman–Crippen LogP) is 2.21. The standard InChI is InChI=1S/C14H24O4.Li.H/c1-9(2)11-5-4-10(3)8-12(11)18-14(17)7-6-13(15)16;;/h9-12H,4-8H2,1-3H3,(H,15,16);;. The average Bonchev–Trinajstić information content (AvgIpc) is 2.26. The first-order valence-corrected chi connectivity index (χ1v) is 6.81. The van der Waals surface area contributed by atoms with Gasteiger partial charge in [0.1, 0.15) is 6.10 Å². The van der Waals surface area contributed by atoms with Gasteiger partial charge >= 0.3 is 30.8 Å². The molecule has 0 aliphatic heterocycles. The van der Waals surface area contributed by atoms with Gasteiger partial charge in [0, 0.05) is 0 Å². The zero-order valence-electron chi connectivity index (χ0n) is 11.5. The number of carbonyl (C=O) groups excluding carboxylic acids is 1. The number of hydrogen-bond donors (Lipinski definition) is 1. The van der Waals surface area contributed by atoms with Crippen LogP contribution in [-0.4, -0.2) is 42.0 Å². The fourth-order valence-corrected chi connectivity index (χ4v) is 2.69. The van der Waals surface area contributed by atoms with Crippen LogP contribution in [0.5, 0.6) is 0 Å². The van der Waals surface area contributed by atoms with Crippen LogP contribution in [0.1, 0.15) is 52.9 Å². The molecular weight excluding hydrogens is 239 g/mol. The van der Waals surface area contributed by atoms with Crippen molar-refractivity contribution < 1.29 is 19.4 Å². The topological polar surface area (TPSA) is 63.6 Å². The van der Waals surface area contributed by atoms with Gasteiger partial charge in [-0.05, 0) is 30.6 Å². The predicted molar refractivity (Wildman–Crippen MR) is 75.2 cm³/mol. The van der Waals surface area contributed by atoms with E-state index < -0.39 is 5.97 Å². The first-order valence-electron chi connectivity index (χ1n) is 6.81. The molecule has 0 heterocycles. The molecule has 3 atom stereocenters. The van der Waals surface area contributed by atoms with Gasteiger partial charge < -0.3 is 9.84 Å². The summed E-state index contributed by atoms with van der Waals surface area (Å²) in [6, 6.07) is 0. The van der Waals surface area contributed by atoms with Crippen LogP contribution in [0, 0.1) is 17.8 Å². The van der Waals surface area contributed by atoms with Gasteiger partial charge in [-0.15, -0.1) is 0 Å². The van der Waals surface area contributed by atoms with Crippen molar-refractivity contribution in [2.24, 2.45) is 17.8 Å². The number of ether oxygens (including phenoxy) is 1. The Hall–Kier alpha value is -0.463. The molecule has 1 aliphatic rings. The Morgan fingerprint density at radius 3 is 2.42 bits per heavy atom. The Kier molecular flexibility index (Phi) is 8.45. The molecule has 0 bridgehead atoms. The molecule has 4 nitrogen and oxygen atoms in total. The Morgan fingerprint density at radius 2 is 1.89 bits per heavy atom. The normalized spacial score (nSPS) is 26.6. The third kappa shape index (κ3) is 6.49. The summed E-state index contributed by atoms with van der Waals surface area (Å²) in [4.78, 5) is 22.0. The van der Waals surface area contributed by atoms with E-state index in [9.17, 15) is 9.59 Å². The molecule has 0 aromatic rings. The minimum absolute atomic E-state index is 0.